The van der Waals surface area contributed by atoms with E-state index in [1.165, 1.54) is 6.07 Å². The smallest absolute Gasteiger partial charge is 0.203 e. The van der Waals surface area contributed by atoms with E-state index < -0.39 is 0 Å². The molecule has 0 radical (unpaired) electrons. The molecule has 0 bridgehead atoms. The van der Waals surface area contributed by atoms with Crippen LogP contribution in [-0.4, -0.2) is 12.4 Å². The van der Waals surface area contributed by atoms with Gasteiger partial charge >= 0.3 is 0 Å². The van der Waals surface area contributed by atoms with Gasteiger partial charge in [0.25, 0.3) is 0 Å². The molecule has 0 aromatic heterocycles. The summed E-state index contributed by atoms with van der Waals surface area (Å²) in [6, 6.07) is 3.10. The Bertz CT molecular complexity index is 360. The van der Waals surface area contributed by atoms with Crippen LogP contribution in [-0.2, 0) is 0 Å². The van der Waals surface area contributed by atoms with E-state index >= 15 is 0 Å². The molecule has 4 heteroatoms. The highest BCUT2D eigenvalue weighted by atomic mass is 35.5. The van der Waals surface area contributed by atoms with Gasteiger partial charge in [0.15, 0.2) is 6.61 Å². The Morgan fingerprint density at radius 1 is 1.25 bits per heavy atom. The van der Waals surface area contributed by atoms with Crippen molar-refractivity contribution in [2.45, 2.75) is 0 Å². The fourth-order valence-corrected chi connectivity index (χ4v) is 1.40. The van der Waals surface area contributed by atoms with Crippen molar-refractivity contribution in [3.8, 4) is 5.75 Å². The van der Waals surface area contributed by atoms with Crippen molar-refractivity contribution in [3.05, 3.63) is 27.7 Å². The maximum atomic E-state index is 11.1. The Kier molecular flexibility index (Phi) is 1.74. The van der Waals surface area contributed by atoms with Gasteiger partial charge in [-0.25, -0.2) is 0 Å². The lowest BCUT2D eigenvalue weighted by Crippen LogP contribution is -1.98. The molecule has 1 aromatic carbocycles. The molecule has 1 aliphatic rings. The average molecular weight is 203 g/mol. The van der Waals surface area contributed by atoms with Crippen LogP contribution in [0, 0.1) is 0 Å². The average Bonchev–Trinajstić information content (AvgIpc) is 2.35. The molecule has 0 N–H and O–H groups in total. The molecule has 12 heavy (non-hydrogen) atoms. The SMILES string of the molecule is O=C1COc2cc(Cl)c(Cl)cc21. The summed E-state index contributed by atoms with van der Waals surface area (Å²) in [5, 5.41) is 0.791. The Hall–Kier alpha value is -0.730. The molecule has 1 heterocycles. The van der Waals surface area contributed by atoms with Gasteiger partial charge in [-0.05, 0) is 6.07 Å². The number of fused-ring (bicyclic) bond motifs is 1. The lowest BCUT2D eigenvalue weighted by Gasteiger charge is -1.98. The summed E-state index contributed by atoms with van der Waals surface area (Å²) in [5.74, 6) is 0.470. The standard InChI is InChI=1S/C8H4Cl2O2/c9-5-1-4-7(11)3-12-8(4)2-6(5)10/h1-2H,3H2. The van der Waals surface area contributed by atoms with Crippen molar-refractivity contribution in [1.29, 1.82) is 0 Å². The molecule has 0 atom stereocenters. The van der Waals surface area contributed by atoms with Crippen LogP contribution in [0.5, 0.6) is 5.75 Å². The summed E-state index contributed by atoms with van der Waals surface area (Å²) in [7, 11) is 0. The maximum absolute atomic E-state index is 11.1. The third kappa shape index (κ3) is 1.08. The van der Waals surface area contributed by atoms with Crippen LogP contribution in [0.25, 0.3) is 0 Å². The molecule has 0 spiro atoms. The van der Waals surface area contributed by atoms with Gasteiger partial charge in [-0.1, -0.05) is 23.2 Å². The lowest BCUT2D eigenvalue weighted by molar-refractivity contribution is 0.0961. The van der Waals surface area contributed by atoms with Crippen LogP contribution >= 0.6 is 23.2 Å². The zero-order valence-electron chi connectivity index (χ0n) is 5.93. The second-order valence-corrected chi connectivity index (χ2v) is 3.29. The minimum atomic E-state index is -0.0523. The quantitative estimate of drug-likeness (QED) is 0.647. The van der Waals surface area contributed by atoms with E-state index in [-0.39, 0.29) is 12.4 Å². The second kappa shape index (κ2) is 2.64. The van der Waals surface area contributed by atoms with Crippen LogP contribution in [0.15, 0.2) is 12.1 Å². The van der Waals surface area contributed by atoms with Gasteiger partial charge in [0.05, 0.1) is 15.6 Å². The van der Waals surface area contributed by atoms with E-state index in [2.05, 4.69) is 0 Å². The second-order valence-electron chi connectivity index (χ2n) is 2.47. The Morgan fingerprint density at radius 3 is 2.67 bits per heavy atom. The number of hydrogen-bond donors (Lipinski definition) is 0. The van der Waals surface area contributed by atoms with Crippen molar-refractivity contribution < 1.29 is 9.53 Å². The zero-order chi connectivity index (χ0) is 8.72. The molecule has 0 unspecified atom stereocenters. The van der Waals surface area contributed by atoms with Crippen molar-refractivity contribution >= 4 is 29.0 Å². The summed E-state index contributed by atoms with van der Waals surface area (Å²) >= 11 is 11.4. The number of halogens is 2. The minimum Gasteiger partial charge on any atom is -0.485 e. The van der Waals surface area contributed by atoms with Gasteiger partial charge in [0.1, 0.15) is 5.75 Å². The summed E-state index contributed by atoms with van der Waals surface area (Å²) in [5.41, 5.74) is 0.518. The number of ketones is 1. The fraction of sp³-hybridized carbons (Fsp3) is 0.125. The number of benzene rings is 1. The molecular formula is C8H4Cl2O2. The largest absolute Gasteiger partial charge is 0.485 e. The third-order valence-electron chi connectivity index (χ3n) is 1.68. The van der Waals surface area contributed by atoms with Gasteiger partial charge in [0.2, 0.25) is 5.78 Å². The third-order valence-corrected chi connectivity index (χ3v) is 2.40. The predicted molar refractivity (Wildman–Crippen MR) is 46.3 cm³/mol. The number of rotatable bonds is 0. The first kappa shape index (κ1) is 7.90. The van der Waals surface area contributed by atoms with Gasteiger partial charge in [-0.3, -0.25) is 4.79 Å². The summed E-state index contributed by atoms with van der Waals surface area (Å²) in [6.07, 6.45) is 0. The van der Waals surface area contributed by atoms with Crippen LogP contribution < -0.4 is 4.74 Å². The van der Waals surface area contributed by atoms with Crippen LogP contribution in [0.4, 0.5) is 0 Å². The van der Waals surface area contributed by atoms with Crippen LogP contribution in [0.3, 0.4) is 0 Å². The van der Waals surface area contributed by atoms with Crippen LogP contribution in [0.1, 0.15) is 10.4 Å². The minimum absolute atomic E-state index is 0.0523. The summed E-state index contributed by atoms with van der Waals surface area (Å²) in [4.78, 5) is 11.1. The fourth-order valence-electron chi connectivity index (χ4n) is 1.09. The van der Waals surface area contributed by atoms with Crippen LogP contribution in [0.2, 0.25) is 10.0 Å². The lowest BCUT2D eigenvalue weighted by atomic mass is 10.1. The van der Waals surface area contributed by atoms with Crippen molar-refractivity contribution in [1.82, 2.24) is 0 Å². The van der Waals surface area contributed by atoms with Crippen molar-refractivity contribution in [2.24, 2.45) is 0 Å². The van der Waals surface area contributed by atoms with Gasteiger partial charge < -0.3 is 4.74 Å². The normalized spacial score (nSPS) is 14.3. The van der Waals surface area contributed by atoms with Crippen molar-refractivity contribution in [3.63, 3.8) is 0 Å². The Labute approximate surface area is 79.0 Å². The Balaban J connectivity index is 2.63. The highest BCUT2D eigenvalue weighted by Gasteiger charge is 2.22. The van der Waals surface area contributed by atoms with Crippen molar-refractivity contribution in [2.75, 3.05) is 6.61 Å². The predicted octanol–water partition coefficient (Wildman–Crippen LogP) is 2.57. The molecular weight excluding hydrogens is 199 g/mol. The first-order valence-corrected chi connectivity index (χ1v) is 4.09. The molecule has 0 aliphatic carbocycles. The van der Waals surface area contributed by atoms with E-state index in [4.69, 9.17) is 27.9 Å². The first-order valence-electron chi connectivity index (χ1n) is 3.33. The number of ether oxygens (including phenoxy) is 1. The zero-order valence-corrected chi connectivity index (χ0v) is 7.45. The summed E-state index contributed by atoms with van der Waals surface area (Å²) in [6.45, 7) is 0.0893. The highest BCUT2D eigenvalue weighted by molar-refractivity contribution is 6.42. The molecule has 0 saturated carbocycles. The molecule has 0 saturated heterocycles. The molecule has 2 rings (SSSR count). The molecule has 0 fully saturated rings. The summed E-state index contributed by atoms with van der Waals surface area (Å²) < 4.78 is 5.05. The molecule has 1 aliphatic heterocycles. The topological polar surface area (TPSA) is 26.3 Å². The van der Waals surface area contributed by atoms with E-state index in [0.29, 0.717) is 21.4 Å². The van der Waals surface area contributed by atoms with E-state index in [9.17, 15) is 4.79 Å². The monoisotopic (exact) mass is 202 g/mol. The molecule has 1 aromatic rings. The first-order chi connectivity index (χ1) is 5.68. The maximum Gasteiger partial charge on any atom is 0.203 e. The molecule has 62 valence electrons. The molecule has 0 amide bonds. The number of carbonyl (C=O) groups is 1. The number of hydrogen-bond acceptors (Lipinski definition) is 2. The highest BCUT2D eigenvalue weighted by Crippen LogP contribution is 2.33. The number of carbonyl (C=O) groups excluding carboxylic acids is 1. The molecule has 2 nitrogen and oxygen atoms in total. The Morgan fingerprint density at radius 2 is 1.92 bits per heavy atom. The van der Waals surface area contributed by atoms with Gasteiger partial charge in [-0.2, -0.15) is 0 Å². The van der Waals surface area contributed by atoms with E-state index in [0.717, 1.165) is 0 Å². The van der Waals surface area contributed by atoms with Gasteiger partial charge in [0, 0.05) is 6.07 Å². The van der Waals surface area contributed by atoms with E-state index in [1.54, 1.807) is 6.07 Å². The number of Topliss-reactive ketones (excluding diaryl/α,β-unsaturated/α-hetero) is 1. The van der Waals surface area contributed by atoms with E-state index in [1.807, 2.05) is 0 Å². The van der Waals surface area contributed by atoms with Gasteiger partial charge in [-0.15, -0.1) is 0 Å².